The molecular formula is C7H10O2. The Bertz CT molecular complexity index is 103. The molecule has 0 saturated carbocycles. The monoisotopic (exact) mass is 126 g/mol. The van der Waals surface area contributed by atoms with Gasteiger partial charge in [0, 0.05) is 18.6 Å². The molecule has 1 saturated heterocycles. The van der Waals surface area contributed by atoms with Crippen LogP contribution >= 0.6 is 0 Å². The third kappa shape index (κ3) is 1.52. The Kier molecular flexibility index (Phi) is 1.86. The molecule has 2 nitrogen and oxygen atoms in total. The van der Waals surface area contributed by atoms with Crippen LogP contribution in [0.1, 0.15) is 12.8 Å². The topological polar surface area (TPSA) is 26.3 Å². The molecule has 0 aromatic heterocycles. The maximum atomic E-state index is 10.3. The number of ether oxygens (including phenoxy) is 1. The third-order valence-electron chi connectivity index (χ3n) is 1.66. The molecule has 0 aromatic carbocycles. The summed E-state index contributed by atoms with van der Waals surface area (Å²) in [6.45, 7) is 6.85. The molecule has 1 aliphatic heterocycles. The SMILES string of the molecule is [CH]C1(C=O)CCOCC1. The molecule has 0 spiro atoms. The molecule has 0 atom stereocenters. The highest BCUT2D eigenvalue weighted by molar-refractivity contribution is 5.60. The number of aldehydes is 1. The van der Waals surface area contributed by atoms with Gasteiger partial charge in [-0.2, -0.15) is 0 Å². The number of hydrogen-bond acceptors (Lipinski definition) is 2. The Hall–Kier alpha value is -0.370. The molecule has 1 heterocycles. The van der Waals surface area contributed by atoms with Crippen LogP contribution in [0.5, 0.6) is 0 Å². The Morgan fingerprint density at radius 3 is 2.33 bits per heavy atom. The van der Waals surface area contributed by atoms with E-state index >= 15 is 0 Å². The predicted molar refractivity (Wildman–Crippen MR) is 32.8 cm³/mol. The van der Waals surface area contributed by atoms with Crippen LogP contribution in [0.2, 0.25) is 0 Å². The van der Waals surface area contributed by atoms with Crippen LogP contribution in [0.4, 0.5) is 0 Å². The predicted octanol–water partition coefficient (Wildman–Crippen LogP) is 0.693. The van der Waals surface area contributed by atoms with Gasteiger partial charge in [0.2, 0.25) is 0 Å². The van der Waals surface area contributed by atoms with E-state index in [1.54, 1.807) is 0 Å². The van der Waals surface area contributed by atoms with E-state index in [1.165, 1.54) is 0 Å². The zero-order chi connectivity index (χ0) is 6.74. The van der Waals surface area contributed by atoms with Gasteiger partial charge in [-0.25, -0.2) is 0 Å². The molecule has 0 bridgehead atoms. The number of carbonyl (C=O) groups is 1. The van der Waals surface area contributed by atoms with E-state index in [1.807, 2.05) is 0 Å². The van der Waals surface area contributed by atoms with Crippen LogP contribution in [0, 0.1) is 12.3 Å². The van der Waals surface area contributed by atoms with Crippen LogP contribution in [0.15, 0.2) is 0 Å². The minimum atomic E-state index is -0.585. The maximum Gasteiger partial charge on any atom is 0.126 e. The van der Waals surface area contributed by atoms with E-state index in [9.17, 15) is 4.79 Å². The van der Waals surface area contributed by atoms with Crippen LogP contribution < -0.4 is 0 Å². The summed E-state index contributed by atoms with van der Waals surface area (Å²) in [5.74, 6) is 0. The van der Waals surface area contributed by atoms with Crippen LogP contribution in [0.25, 0.3) is 0 Å². The van der Waals surface area contributed by atoms with E-state index in [0.29, 0.717) is 26.1 Å². The Morgan fingerprint density at radius 2 is 2.00 bits per heavy atom. The lowest BCUT2D eigenvalue weighted by Crippen LogP contribution is -2.27. The fraction of sp³-hybridized carbons (Fsp3) is 0.714. The average Bonchev–Trinajstić information content (AvgIpc) is 1.90. The molecule has 1 rings (SSSR count). The molecule has 2 radical (unpaired) electrons. The standard InChI is InChI=1S/C7H10O2/c1-7(6-8)2-4-9-5-3-7/h1,6H,2-5H2. The Labute approximate surface area is 55.2 Å². The van der Waals surface area contributed by atoms with Gasteiger partial charge in [-0.05, 0) is 19.8 Å². The van der Waals surface area contributed by atoms with Crippen LogP contribution in [-0.2, 0) is 9.53 Å². The molecular weight excluding hydrogens is 116 g/mol. The lowest BCUT2D eigenvalue weighted by atomic mass is 9.84. The summed E-state index contributed by atoms with van der Waals surface area (Å²) in [6, 6.07) is 0. The van der Waals surface area contributed by atoms with Crippen molar-refractivity contribution in [2.75, 3.05) is 13.2 Å². The minimum Gasteiger partial charge on any atom is -0.381 e. The maximum absolute atomic E-state index is 10.3. The number of carbonyl (C=O) groups excluding carboxylic acids is 1. The lowest BCUT2D eigenvalue weighted by molar-refractivity contribution is -0.118. The third-order valence-corrected chi connectivity index (χ3v) is 1.66. The highest BCUT2D eigenvalue weighted by Gasteiger charge is 2.26. The first kappa shape index (κ1) is 6.75. The molecule has 0 N–H and O–H groups in total. The summed E-state index contributed by atoms with van der Waals surface area (Å²) >= 11 is 0. The first-order valence-electron chi connectivity index (χ1n) is 3.10. The van der Waals surface area contributed by atoms with Crippen molar-refractivity contribution >= 4 is 6.29 Å². The Morgan fingerprint density at radius 1 is 1.44 bits per heavy atom. The molecule has 2 heteroatoms. The molecule has 0 aliphatic carbocycles. The van der Waals surface area contributed by atoms with E-state index in [0.717, 1.165) is 6.29 Å². The first-order valence-corrected chi connectivity index (χ1v) is 3.10. The molecule has 0 unspecified atom stereocenters. The van der Waals surface area contributed by atoms with Gasteiger partial charge in [-0.15, -0.1) is 0 Å². The molecule has 1 fully saturated rings. The zero-order valence-corrected chi connectivity index (χ0v) is 5.30. The molecule has 50 valence electrons. The fourth-order valence-corrected chi connectivity index (χ4v) is 0.869. The van der Waals surface area contributed by atoms with Crippen LogP contribution in [-0.4, -0.2) is 19.5 Å². The number of hydrogen-bond donors (Lipinski definition) is 0. The van der Waals surface area contributed by atoms with Crippen molar-refractivity contribution in [1.29, 1.82) is 0 Å². The normalized spacial score (nSPS) is 25.4. The van der Waals surface area contributed by atoms with Crippen molar-refractivity contribution in [3.8, 4) is 0 Å². The molecule has 0 aromatic rings. The number of rotatable bonds is 1. The van der Waals surface area contributed by atoms with Crippen molar-refractivity contribution in [1.82, 2.24) is 0 Å². The van der Waals surface area contributed by atoms with Crippen molar-refractivity contribution < 1.29 is 9.53 Å². The van der Waals surface area contributed by atoms with Gasteiger partial charge < -0.3 is 9.53 Å². The summed E-state index contributed by atoms with van der Waals surface area (Å²) < 4.78 is 5.03. The summed E-state index contributed by atoms with van der Waals surface area (Å²) in [5.41, 5.74) is -0.585. The molecule has 9 heavy (non-hydrogen) atoms. The second-order valence-electron chi connectivity index (χ2n) is 2.46. The largest absolute Gasteiger partial charge is 0.381 e. The van der Waals surface area contributed by atoms with Crippen molar-refractivity contribution in [2.45, 2.75) is 12.8 Å². The quantitative estimate of drug-likeness (QED) is 0.483. The van der Waals surface area contributed by atoms with Gasteiger partial charge in [-0.1, -0.05) is 0 Å². The minimum absolute atomic E-state index is 0.585. The van der Waals surface area contributed by atoms with Crippen molar-refractivity contribution in [3.63, 3.8) is 0 Å². The van der Waals surface area contributed by atoms with E-state index in [2.05, 4.69) is 0 Å². The smallest absolute Gasteiger partial charge is 0.126 e. The van der Waals surface area contributed by atoms with Crippen molar-refractivity contribution in [3.05, 3.63) is 6.92 Å². The summed E-state index contributed by atoms with van der Waals surface area (Å²) in [4.78, 5) is 10.3. The highest BCUT2D eigenvalue weighted by atomic mass is 16.5. The summed E-state index contributed by atoms with van der Waals surface area (Å²) in [7, 11) is 0. The second kappa shape index (κ2) is 2.48. The summed E-state index contributed by atoms with van der Waals surface area (Å²) in [5, 5.41) is 0. The highest BCUT2D eigenvalue weighted by Crippen LogP contribution is 2.25. The van der Waals surface area contributed by atoms with Gasteiger partial charge in [-0.3, -0.25) is 0 Å². The first-order chi connectivity index (χ1) is 4.27. The molecule has 0 amide bonds. The van der Waals surface area contributed by atoms with Gasteiger partial charge in [0.1, 0.15) is 6.29 Å². The average molecular weight is 126 g/mol. The Balaban J connectivity index is 2.46. The van der Waals surface area contributed by atoms with Gasteiger partial charge in [0.25, 0.3) is 0 Å². The van der Waals surface area contributed by atoms with Gasteiger partial charge in [0.05, 0.1) is 0 Å². The van der Waals surface area contributed by atoms with E-state index in [4.69, 9.17) is 11.7 Å². The van der Waals surface area contributed by atoms with Crippen LogP contribution in [0.3, 0.4) is 0 Å². The van der Waals surface area contributed by atoms with Gasteiger partial charge in [0.15, 0.2) is 0 Å². The van der Waals surface area contributed by atoms with E-state index in [-0.39, 0.29) is 0 Å². The van der Waals surface area contributed by atoms with E-state index < -0.39 is 5.41 Å². The van der Waals surface area contributed by atoms with Crippen molar-refractivity contribution in [2.24, 2.45) is 5.41 Å². The van der Waals surface area contributed by atoms with Gasteiger partial charge >= 0.3 is 0 Å². The second-order valence-corrected chi connectivity index (χ2v) is 2.46. The zero-order valence-electron chi connectivity index (χ0n) is 5.30. The summed E-state index contributed by atoms with van der Waals surface area (Å²) in [6.07, 6.45) is 2.16. The molecule has 1 aliphatic rings. The lowest BCUT2D eigenvalue weighted by Gasteiger charge is -2.26. The fourth-order valence-electron chi connectivity index (χ4n) is 0.869.